The second kappa shape index (κ2) is 7.64. The summed E-state index contributed by atoms with van der Waals surface area (Å²) in [5.41, 5.74) is 3.79. The quantitative estimate of drug-likeness (QED) is 0.906. The van der Waals surface area contributed by atoms with Crippen LogP contribution in [0.3, 0.4) is 0 Å². The van der Waals surface area contributed by atoms with Gasteiger partial charge in [0.25, 0.3) is 5.91 Å². The van der Waals surface area contributed by atoms with Crippen LogP contribution < -0.4 is 5.32 Å². The van der Waals surface area contributed by atoms with E-state index in [4.69, 9.17) is 0 Å². The van der Waals surface area contributed by atoms with Crippen LogP contribution in [0.1, 0.15) is 54.2 Å². The van der Waals surface area contributed by atoms with Gasteiger partial charge in [0.2, 0.25) is 0 Å². The summed E-state index contributed by atoms with van der Waals surface area (Å²) in [5, 5.41) is 3.25. The molecule has 1 N–H and O–H groups in total. The standard InChI is InChI=1S/C20H26N4O/c1-4-17-7-5-6-8-24(17)20(25)18-12-22-19(13-21-18)23-16-10-14(2)9-15(3)11-16/h9-13,17H,4-8H2,1-3H3,(H,22,23). The molecule has 1 unspecified atom stereocenters. The van der Waals surface area contributed by atoms with Crippen molar-refractivity contribution in [1.29, 1.82) is 0 Å². The van der Waals surface area contributed by atoms with Crippen molar-refractivity contribution in [3.63, 3.8) is 0 Å². The Balaban J connectivity index is 1.72. The number of aryl methyl sites for hydroxylation is 2. The zero-order valence-electron chi connectivity index (χ0n) is 15.2. The minimum absolute atomic E-state index is 0.00278. The van der Waals surface area contributed by atoms with Crippen LogP contribution in [0.15, 0.2) is 30.6 Å². The minimum Gasteiger partial charge on any atom is -0.339 e. The fourth-order valence-electron chi connectivity index (χ4n) is 3.54. The molecule has 0 spiro atoms. The summed E-state index contributed by atoms with van der Waals surface area (Å²) in [4.78, 5) is 23.4. The van der Waals surface area contributed by atoms with Gasteiger partial charge in [0.15, 0.2) is 0 Å². The van der Waals surface area contributed by atoms with E-state index in [0.717, 1.165) is 31.5 Å². The predicted molar refractivity (Wildman–Crippen MR) is 100 cm³/mol. The van der Waals surface area contributed by atoms with E-state index >= 15 is 0 Å². The first-order valence-corrected chi connectivity index (χ1v) is 9.05. The first-order chi connectivity index (χ1) is 12.1. The summed E-state index contributed by atoms with van der Waals surface area (Å²) in [6, 6.07) is 6.58. The maximum atomic E-state index is 12.7. The second-order valence-electron chi connectivity index (χ2n) is 6.84. The molecule has 0 bridgehead atoms. The van der Waals surface area contributed by atoms with Gasteiger partial charge in [-0.15, -0.1) is 0 Å². The van der Waals surface area contributed by atoms with Gasteiger partial charge in [-0.1, -0.05) is 13.0 Å². The molecule has 1 aromatic carbocycles. The average Bonchev–Trinajstić information content (AvgIpc) is 2.61. The summed E-state index contributed by atoms with van der Waals surface area (Å²) < 4.78 is 0. The Labute approximate surface area is 149 Å². The van der Waals surface area contributed by atoms with Crippen LogP contribution in [0.25, 0.3) is 0 Å². The number of aromatic nitrogens is 2. The summed E-state index contributed by atoms with van der Waals surface area (Å²) in [6.45, 7) is 7.09. The van der Waals surface area contributed by atoms with E-state index in [2.05, 4.69) is 54.3 Å². The Hall–Kier alpha value is -2.43. The van der Waals surface area contributed by atoms with Crippen molar-refractivity contribution in [1.82, 2.24) is 14.9 Å². The van der Waals surface area contributed by atoms with Crippen LogP contribution in [0.2, 0.25) is 0 Å². The number of carbonyl (C=O) groups is 1. The number of likely N-dealkylation sites (tertiary alicyclic amines) is 1. The molecule has 1 aliphatic heterocycles. The molecule has 25 heavy (non-hydrogen) atoms. The highest BCUT2D eigenvalue weighted by Crippen LogP contribution is 2.22. The van der Waals surface area contributed by atoms with Crippen LogP contribution in [0.4, 0.5) is 11.5 Å². The Bertz CT molecular complexity index is 722. The molecule has 5 heteroatoms. The van der Waals surface area contributed by atoms with Crippen molar-refractivity contribution in [2.45, 2.75) is 52.5 Å². The fraction of sp³-hybridized carbons (Fsp3) is 0.450. The lowest BCUT2D eigenvalue weighted by Gasteiger charge is -2.34. The third kappa shape index (κ3) is 4.16. The van der Waals surface area contributed by atoms with Crippen LogP contribution >= 0.6 is 0 Å². The molecule has 1 atom stereocenters. The van der Waals surface area contributed by atoms with Gasteiger partial charge in [0, 0.05) is 18.3 Å². The Kier molecular flexibility index (Phi) is 5.31. The highest BCUT2D eigenvalue weighted by molar-refractivity contribution is 5.92. The molecular weight excluding hydrogens is 312 g/mol. The van der Waals surface area contributed by atoms with E-state index in [0.29, 0.717) is 17.6 Å². The van der Waals surface area contributed by atoms with Gasteiger partial charge >= 0.3 is 0 Å². The Morgan fingerprint density at radius 2 is 1.92 bits per heavy atom. The minimum atomic E-state index is -0.00278. The van der Waals surface area contributed by atoms with E-state index in [9.17, 15) is 4.79 Å². The van der Waals surface area contributed by atoms with Crippen LogP contribution in [0, 0.1) is 13.8 Å². The highest BCUT2D eigenvalue weighted by atomic mass is 16.2. The number of carbonyl (C=O) groups excluding carboxylic acids is 1. The van der Waals surface area contributed by atoms with Gasteiger partial charge < -0.3 is 10.2 Å². The van der Waals surface area contributed by atoms with E-state index in [-0.39, 0.29) is 5.91 Å². The topological polar surface area (TPSA) is 58.1 Å². The third-order valence-corrected chi connectivity index (χ3v) is 4.72. The monoisotopic (exact) mass is 338 g/mol. The van der Waals surface area contributed by atoms with Crippen molar-refractivity contribution in [2.75, 3.05) is 11.9 Å². The number of amides is 1. The summed E-state index contributed by atoms with van der Waals surface area (Å²) >= 11 is 0. The van der Waals surface area contributed by atoms with Gasteiger partial charge in [-0.05, 0) is 62.8 Å². The van der Waals surface area contributed by atoms with Crippen molar-refractivity contribution in [2.24, 2.45) is 0 Å². The predicted octanol–water partition coefficient (Wildman–Crippen LogP) is 4.24. The third-order valence-electron chi connectivity index (χ3n) is 4.72. The van der Waals surface area contributed by atoms with Crippen LogP contribution in [0.5, 0.6) is 0 Å². The molecule has 1 aliphatic rings. The van der Waals surface area contributed by atoms with Gasteiger partial charge in [-0.3, -0.25) is 4.79 Å². The zero-order chi connectivity index (χ0) is 17.8. The molecule has 5 nitrogen and oxygen atoms in total. The van der Waals surface area contributed by atoms with Crippen molar-refractivity contribution in [3.8, 4) is 0 Å². The number of piperidine rings is 1. The van der Waals surface area contributed by atoms with Crippen molar-refractivity contribution in [3.05, 3.63) is 47.4 Å². The van der Waals surface area contributed by atoms with Gasteiger partial charge in [0.1, 0.15) is 11.5 Å². The second-order valence-corrected chi connectivity index (χ2v) is 6.84. The van der Waals surface area contributed by atoms with Crippen LogP contribution in [-0.4, -0.2) is 33.4 Å². The van der Waals surface area contributed by atoms with Gasteiger partial charge in [-0.2, -0.15) is 0 Å². The SMILES string of the molecule is CCC1CCCCN1C(=O)c1cnc(Nc2cc(C)cc(C)c2)cn1. The number of hydrogen-bond donors (Lipinski definition) is 1. The number of nitrogens with zero attached hydrogens (tertiary/aromatic N) is 3. The average molecular weight is 338 g/mol. The lowest BCUT2D eigenvalue weighted by Crippen LogP contribution is -2.43. The summed E-state index contributed by atoms with van der Waals surface area (Å²) in [7, 11) is 0. The maximum absolute atomic E-state index is 12.7. The van der Waals surface area contributed by atoms with Crippen molar-refractivity contribution >= 4 is 17.4 Å². The highest BCUT2D eigenvalue weighted by Gasteiger charge is 2.27. The number of rotatable bonds is 4. The zero-order valence-corrected chi connectivity index (χ0v) is 15.2. The Morgan fingerprint density at radius 3 is 2.56 bits per heavy atom. The molecule has 132 valence electrons. The number of benzene rings is 1. The largest absolute Gasteiger partial charge is 0.339 e. The van der Waals surface area contributed by atoms with Crippen LogP contribution in [-0.2, 0) is 0 Å². The molecule has 1 amide bonds. The first-order valence-electron chi connectivity index (χ1n) is 9.05. The molecular formula is C20H26N4O. The normalized spacial score (nSPS) is 17.4. The molecule has 2 aromatic rings. The summed E-state index contributed by atoms with van der Waals surface area (Å²) in [5.74, 6) is 0.643. The van der Waals surface area contributed by atoms with Gasteiger partial charge in [0.05, 0.1) is 12.4 Å². The summed E-state index contributed by atoms with van der Waals surface area (Å²) in [6.07, 6.45) is 7.56. The molecule has 1 fully saturated rings. The molecule has 0 saturated carbocycles. The smallest absolute Gasteiger partial charge is 0.274 e. The van der Waals surface area contributed by atoms with E-state index in [1.165, 1.54) is 17.5 Å². The lowest BCUT2D eigenvalue weighted by molar-refractivity contribution is 0.0601. The van der Waals surface area contributed by atoms with E-state index in [1.807, 2.05) is 4.90 Å². The molecule has 0 aliphatic carbocycles. The van der Waals surface area contributed by atoms with E-state index < -0.39 is 0 Å². The lowest BCUT2D eigenvalue weighted by atomic mass is 10.00. The maximum Gasteiger partial charge on any atom is 0.274 e. The van der Waals surface area contributed by atoms with Gasteiger partial charge in [-0.25, -0.2) is 9.97 Å². The molecule has 3 rings (SSSR count). The molecule has 1 aromatic heterocycles. The Morgan fingerprint density at radius 1 is 1.16 bits per heavy atom. The number of anilines is 2. The van der Waals surface area contributed by atoms with E-state index in [1.54, 1.807) is 12.4 Å². The molecule has 2 heterocycles. The fourth-order valence-corrected chi connectivity index (χ4v) is 3.54. The first kappa shape index (κ1) is 17.4. The number of hydrogen-bond acceptors (Lipinski definition) is 4. The molecule has 0 radical (unpaired) electrons. The molecule has 1 saturated heterocycles. The van der Waals surface area contributed by atoms with Crippen molar-refractivity contribution < 1.29 is 4.79 Å². The number of nitrogens with one attached hydrogen (secondary N) is 1.